The van der Waals surface area contributed by atoms with Crippen LogP contribution in [0.2, 0.25) is 0 Å². The van der Waals surface area contributed by atoms with E-state index in [4.69, 9.17) is 4.42 Å². The first-order valence-corrected chi connectivity index (χ1v) is 11.7. The summed E-state index contributed by atoms with van der Waals surface area (Å²) >= 11 is 0. The number of hydrogen-bond donors (Lipinski definition) is 3. The highest BCUT2D eigenvalue weighted by atomic mass is 32.2. The first-order chi connectivity index (χ1) is 13.9. The van der Waals surface area contributed by atoms with Gasteiger partial charge < -0.3 is 14.8 Å². The van der Waals surface area contributed by atoms with Crippen LogP contribution < -0.4 is 10.0 Å². The third kappa shape index (κ3) is 3.24. The maximum Gasteiger partial charge on any atom is 0.333 e. The van der Waals surface area contributed by atoms with Crippen molar-refractivity contribution >= 4 is 21.7 Å². The smallest absolute Gasteiger partial charge is 0.333 e. The predicted molar refractivity (Wildman–Crippen MR) is 106 cm³/mol. The molecule has 0 saturated heterocycles. The molecule has 0 spiro atoms. The fraction of sp³-hybridized carbons (Fsp3) is 0.476. The predicted octanol–water partition coefficient (Wildman–Crippen LogP) is 3.14. The van der Waals surface area contributed by atoms with Gasteiger partial charge in [-0.05, 0) is 73.6 Å². The molecule has 2 amide bonds. The lowest BCUT2D eigenvalue weighted by atomic mass is 9.96. The molecule has 3 aliphatic rings. The normalized spacial score (nSPS) is 20.1. The van der Waals surface area contributed by atoms with Crippen LogP contribution in [0.1, 0.15) is 65.4 Å². The van der Waals surface area contributed by atoms with Gasteiger partial charge in [0, 0.05) is 23.7 Å². The maximum atomic E-state index is 12.7. The quantitative estimate of drug-likeness (QED) is 0.712. The molecule has 0 bridgehead atoms. The molecule has 0 aliphatic heterocycles. The van der Waals surface area contributed by atoms with Crippen molar-refractivity contribution in [3.05, 3.63) is 45.7 Å². The Bertz CT molecular complexity index is 1070. The van der Waals surface area contributed by atoms with E-state index in [9.17, 15) is 18.3 Å². The van der Waals surface area contributed by atoms with E-state index in [1.54, 1.807) is 0 Å². The van der Waals surface area contributed by atoms with Crippen LogP contribution in [-0.2, 0) is 42.1 Å². The molecule has 8 heteroatoms. The van der Waals surface area contributed by atoms with Crippen molar-refractivity contribution in [2.45, 2.75) is 69.0 Å². The first-order valence-electron chi connectivity index (χ1n) is 10.2. The molecule has 1 heterocycles. The number of carbonyl (C=O) groups excluding carboxylic acids is 1. The third-order valence-electron chi connectivity index (χ3n) is 6.26. The summed E-state index contributed by atoms with van der Waals surface area (Å²) in [6.07, 6.45) is 7.05. The summed E-state index contributed by atoms with van der Waals surface area (Å²) in [6.45, 7) is 0. The fourth-order valence-corrected chi connectivity index (χ4v) is 5.81. The van der Waals surface area contributed by atoms with Crippen molar-refractivity contribution in [2.75, 3.05) is 5.32 Å². The molecule has 0 radical (unpaired) electrons. The van der Waals surface area contributed by atoms with Crippen LogP contribution in [0.4, 0.5) is 10.5 Å². The number of aliphatic hydroxyl groups is 1. The molecule has 2 aromatic rings. The summed E-state index contributed by atoms with van der Waals surface area (Å²) in [5.41, 5.74) is 6.07. The molecule has 0 fully saturated rings. The number of urea groups is 1. The highest BCUT2D eigenvalue weighted by Gasteiger charge is 2.30. The van der Waals surface area contributed by atoms with Crippen LogP contribution in [0, 0.1) is 0 Å². The van der Waals surface area contributed by atoms with Gasteiger partial charge in [-0.1, -0.05) is 6.07 Å². The zero-order valence-corrected chi connectivity index (χ0v) is 16.9. The van der Waals surface area contributed by atoms with Crippen molar-refractivity contribution in [3.63, 3.8) is 0 Å². The van der Waals surface area contributed by atoms with E-state index in [1.807, 2.05) is 0 Å². The number of hydrogen-bond acceptors (Lipinski definition) is 5. The molecule has 1 aromatic carbocycles. The number of aryl methyl sites for hydroxylation is 3. The number of carbonyl (C=O) groups is 1. The third-order valence-corrected chi connectivity index (χ3v) is 7.45. The standard InChI is InChI=1S/C21H24N2O5S/c24-17-8-3-9-18-16(17)11-19(28-18)29(26,27)23-21(25)22-20-14-6-1-4-12(14)10-13-5-2-7-15(13)20/h10-11,17,24H,1-9H2,(H2,22,23,25). The van der Waals surface area contributed by atoms with Gasteiger partial charge in [0.1, 0.15) is 5.76 Å². The van der Waals surface area contributed by atoms with Crippen molar-refractivity contribution in [1.82, 2.24) is 4.72 Å². The number of rotatable bonds is 3. The minimum Gasteiger partial charge on any atom is -0.447 e. The van der Waals surface area contributed by atoms with E-state index in [0.29, 0.717) is 24.2 Å². The molecule has 5 rings (SSSR count). The molecule has 3 aliphatic carbocycles. The van der Waals surface area contributed by atoms with E-state index in [2.05, 4.69) is 16.1 Å². The average molecular weight is 416 g/mol. The second-order valence-corrected chi connectivity index (χ2v) is 9.76. The number of aliphatic hydroxyl groups excluding tert-OH is 1. The largest absolute Gasteiger partial charge is 0.447 e. The number of amides is 2. The van der Waals surface area contributed by atoms with E-state index in [-0.39, 0.29) is 5.09 Å². The highest BCUT2D eigenvalue weighted by molar-refractivity contribution is 7.89. The van der Waals surface area contributed by atoms with Crippen molar-refractivity contribution in [3.8, 4) is 0 Å². The monoisotopic (exact) mass is 416 g/mol. The van der Waals surface area contributed by atoms with Gasteiger partial charge >= 0.3 is 6.03 Å². The minimum absolute atomic E-state index is 0.331. The highest BCUT2D eigenvalue weighted by Crippen LogP contribution is 2.38. The van der Waals surface area contributed by atoms with Gasteiger partial charge in [-0.2, -0.15) is 8.42 Å². The van der Waals surface area contributed by atoms with Crippen LogP contribution >= 0.6 is 0 Å². The lowest BCUT2D eigenvalue weighted by molar-refractivity contribution is 0.152. The van der Waals surface area contributed by atoms with Gasteiger partial charge in [-0.3, -0.25) is 0 Å². The van der Waals surface area contributed by atoms with Gasteiger partial charge in [0.25, 0.3) is 10.0 Å². The summed E-state index contributed by atoms with van der Waals surface area (Å²) in [5.74, 6) is 0.475. The van der Waals surface area contributed by atoms with Gasteiger partial charge in [0.15, 0.2) is 0 Å². The second kappa shape index (κ2) is 6.88. The van der Waals surface area contributed by atoms with E-state index in [0.717, 1.165) is 61.8 Å². The van der Waals surface area contributed by atoms with Gasteiger partial charge in [-0.25, -0.2) is 9.52 Å². The Hall–Kier alpha value is -2.32. The number of sulfonamides is 1. The van der Waals surface area contributed by atoms with Gasteiger partial charge in [0.05, 0.1) is 6.10 Å². The van der Waals surface area contributed by atoms with Crippen molar-refractivity contribution < 1.29 is 22.7 Å². The Balaban J connectivity index is 1.39. The lowest BCUT2D eigenvalue weighted by Gasteiger charge is -2.16. The van der Waals surface area contributed by atoms with E-state index in [1.165, 1.54) is 17.2 Å². The minimum atomic E-state index is -4.17. The van der Waals surface area contributed by atoms with Crippen molar-refractivity contribution in [1.29, 1.82) is 0 Å². The van der Waals surface area contributed by atoms with E-state index < -0.39 is 22.2 Å². The number of benzene rings is 1. The van der Waals surface area contributed by atoms with Gasteiger partial charge in [-0.15, -0.1) is 0 Å². The Morgan fingerprint density at radius 1 is 1.00 bits per heavy atom. The van der Waals surface area contributed by atoms with Crippen LogP contribution in [-0.4, -0.2) is 19.6 Å². The van der Waals surface area contributed by atoms with Crippen LogP contribution in [0.3, 0.4) is 0 Å². The summed E-state index contributed by atoms with van der Waals surface area (Å²) < 4.78 is 32.9. The number of nitrogens with one attached hydrogen (secondary N) is 2. The SMILES string of the molecule is O=C(Nc1c2c(cc3c1CCC3)CCC2)NS(=O)(=O)c1cc2c(o1)CCCC2O. The van der Waals surface area contributed by atoms with Crippen LogP contribution in [0.5, 0.6) is 0 Å². The molecule has 3 N–H and O–H groups in total. The fourth-order valence-electron chi connectivity index (χ4n) is 4.92. The molecule has 7 nitrogen and oxygen atoms in total. The molecule has 1 aromatic heterocycles. The topological polar surface area (TPSA) is 109 Å². The summed E-state index contributed by atoms with van der Waals surface area (Å²) in [6, 6.07) is 2.80. The Labute approximate surface area is 169 Å². The van der Waals surface area contributed by atoms with E-state index >= 15 is 0 Å². The van der Waals surface area contributed by atoms with Crippen LogP contribution in [0.15, 0.2) is 21.6 Å². The zero-order chi connectivity index (χ0) is 20.2. The van der Waals surface area contributed by atoms with Crippen LogP contribution in [0.25, 0.3) is 0 Å². The Morgan fingerprint density at radius 3 is 2.34 bits per heavy atom. The molecule has 154 valence electrons. The lowest BCUT2D eigenvalue weighted by Crippen LogP contribution is -2.34. The van der Waals surface area contributed by atoms with Crippen molar-refractivity contribution in [2.24, 2.45) is 0 Å². The number of furan rings is 1. The molecule has 0 saturated carbocycles. The second-order valence-electron chi connectivity index (χ2n) is 8.15. The summed E-state index contributed by atoms with van der Waals surface area (Å²) in [5, 5.41) is 12.5. The Morgan fingerprint density at radius 2 is 1.69 bits per heavy atom. The Kier molecular flexibility index (Phi) is 4.43. The summed E-state index contributed by atoms with van der Waals surface area (Å²) in [7, 11) is -4.17. The maximum absolute atomic E-state index is 12.7. The molecular weight excluding hydrogens is 392 g/mol. The molecule has 1 atom stereocenters. The zero-order valence-electron chi connectivity index (χ0n) is 16.1. The first kappa shape index (κ1) is 18.7. The average Bonchev–Trinajstić information content (AvgIpc) is 3.40. The number of anilines is 1. The van der Waals surface area contributed by atoms with Gasteiger partial charge in [0.2, 0.25) is 5.09 Å². The number of fused-ring (bicyclic) bond motifs is 3. The molecule has 29 heavy (non-hydrogen) atoms. The molecular formula is C21H24N2O5S. The molecule has 1 unspecified atom stereocenters. The summed E-state index contributed by atoms with van der Waals surface area (Å²) in [4.78, 5) is 12.6.